The Labute approximate surface area is 174 Å². The molecule has 0 bridgehead atoms. The number of nitrogens with two attached hydrogens (primary N) is 1. The van der Waals surface area contributed by atoms with Gasteiger partial charge in [0, 0.05) is 16.4 Å². The molecule has 0 fully saturated rings. The van der Waals surface area contributed by atoms with Crippen molar-refractivity contribution in [3.8, 4) is 0 Å². The molecule has 150 valence electrons. The van der Waals surface area contributed by atoms with Crippen LogP contribution in [0, 0.1) is 5.92 Å². The van der Waals surface area contributed by atoms with Crippen LogP contribution >= 0.6 is 11.6 Å². The Bertz CT molecular complexity index is 993. The number of hydrogen-bond donors (Lipinski definition) is 3. The van der Waals surface area contributed by atoms with Crippen molar-refractivity contribution < 1.29 is 9.53 Å². The number of hydrogen-bond acceptors (Lipinski definition) is 7. The summed E-state index contributed by atoms with van der Waals surface area (Å²) in [5.41, 5.74) is 8.53. The Hall–Kier alpha value is -3.32. The Morgan fingerprint density at radius 2 is 1.72 bits per heavy atom. The summed E-state index contributed by atoms with van der Waals surface area (Å²) in [6.07, 6.45) is 1.41. The van der Waals surface area contributed by atoms with Crippen LogP contribution in [0.3, 0.4) is 0 Å². The lowest BCUT2D eigenvalue weighted by molar-refractivity contribution is 0.0459. The van der Waals surface area contributed by atoms with Crippen LogP contribution < -0.4 is 16.4 Å². The van der Waals surface area contributed by atoms with Crippen molar-refractivity contribution in [3.63, 3.8) is 0 Å². The minimum atomic E-state index is -0.347. The molecule has 3 aromatic rings. The third-order valence-corrected chi connectivity index (χ3v) is 4.14. The van der Waals surface area contributed by atoms with Gasteiger partial charge in [0.05, 0.1) is 12.2 Å². The molecule has 1 heterocycles. The molecule has 2 aromatic carbocycles. The van der Waals surface area contributed by atoms with Crippen LogP contribution in [0.2, 0.25) is 5.02 Å². The minimum Gasteiger partial charge on any atom is -0.462 e. The Morgan fingerprint density at radius 3 is 2.34 bits per heavy atom. The normalized spacial score (nSPS) is 10.6. The first kappa shape index (κ1) is 20.4. The largest absolute Gasteiger partial charge is 0.462 e. The molecule has 4 N–H and O–H groups in total. The van der Waals surface area contributed by atoms with Crippen molar-refractivity contribution in [2.45, 2.75) is 13.8 Å². The highest BCUT2D eigenvalue weighted by atomic mass is 35.5. The molecule has 0 unspecified atom stereocenters. The van der Waals surface area contributed by atoms with Crippen molar-refractivity contribution in [3.05, 3.63) is 65.4 Å². The zero-order valence-corrected chi connectivity index (χ0v) is 16.9. The zero-order chi connectivity index (χ0) is 20.8. The first-order valence-corrected chi connectivity index (χ1v) is 9.47. The van der Waals surface area contributed by atoms with Crippen molar-refractivity contribution in [1.82, 2.24) is 9.97 Å². The summed E-state index contributed by atoms with van der Waals surface area (Å²) in [6, 6.07) is 14.1. The molecule has 0 aliphatic rings. The highest BCUT2D eigenvalue weighted by molar-refractivity contribution is 6.30. The molecule has 0 saturated carbocycles. The van der Waals surface area contributed by atoms with Gasteiger partial charge in [-0.25, -0.2) is 14.8 Å². The number of ether oxygens (including phenoxy) is 1. The summed E-state index contributed by atoms with van der Waals surface area (Å²) in [5, 5.41) is 6.86. The maximum atomic E-state index is 12.0. The number of benzene rings is 2. The van der Waals surface area contributed by atoms with Crippen LogP contribution in [0.5, 0.6) is 0 Å². The van der Waals surface area contributed by atoms with Gasteiger partial charge in [-0.3, -0.25) is 0 Å². The first-order valence-electron chi connectivity index (χ1n) is 9.09. The fourth-order valence-electron chi connectivity index (χ4n) is 2.45. The topological polar surface area (TPSA) is 102 Å². The third-order valence-electron chi connectivity index (χ3n) is 3.90. The molecule has 3 rings (SSSR count). The predicted octanol–water partition coefficient (Wildman–Crippen LogP) is 5.01. The molecule has 0 saturated heterocycles. The monoisotopic (exact) mass is 411 g/mol. The molecule has 1 aromatic heterocycles. The molecule has 0 aliphatic heterocycles. The Balaban J connectivity index is 1.71. The fourth-order valence-corrected chi connectivity index (χ4v) is 2.64. The van der Waals surface area contributed by atoms with Crippen LogP contribution in [0.4, 0.5) is 28.7 Å². The van der Waals surface area contributed by atoms with Gasteiger partial charge in [-0.15, -0.1) is 0 Å². The summed E-state index contributed by atoms with van der Waals surface area (Å²) < 4.78 is 5.23. The fraction of sp³-hybridized carbons (Fsp3) is 0.190. The van der Waals surface area contributed by atoms with Gasteiger partial charge in [0.2, 0.25) is 0 Å². The number of nitrogen functional groups attached to an aromatic ring is 1. The standard InChI is InChI=1S/C21H22ClN5O2/c1-13(2)11-29-21(28)14-6-8-16(9-7-14)26-19-18(23)20(25-12-24-19)27-17-5-3-4-15(22)10-17/h3-10,12-13H,11,23H2,1-2H3,(H2,24,25,26,27). The minimum absolute atomic E-state index is 0.287. The number of nitrogens with zero attached hydrogens (tertiary/aromatic N) is 2. The van der Waals surface area contributed by atoms with Crippen LogP contribution in [0.15, 0.2) is 54.9 Å². The van der Waals surface area contributed by atoms with E-state index < -0.39 is 0 Å². The molecule has 7 nitrogen and oxygen atoms in total. The first-order chi connectivity index (χ1) is 13.9. The summed E-state index contributed by atoms with van der Waals surface area (Å²) in [5.74, 6) is 0.841. The van der Waals surface area contributed by atoms with Crippen molar-refractivity contribution in [2.24, 2.45) is 5.92 Å². The zero-order valence-electron chi connectivity index (χ0n) is 16.1. The number of carbonyl (C=O) groups excluding carboxylic acids is 1. The van der Waals surface area contributed by atoms with Crippen LogP contribution in [0.25, 0.3) is 0 Å². The van der Waals surface area contributed by atoms with E-state index in [-0.39, 0.29) is 11.9 Å². The second-order valence-corrected chi connectivity index (χ2v) is 7.25. The molecule has 0 spiro atoms. The van der Waals surface area contributed by atoms with E-state index in [1.807, 2.05) is 26.0 Å². The van der Waals surface area contributed by atoms with Gasteiger partial charge in [-0.05, 0) is 48.4 Å². The van der Waals surface area contributed by atoms with Gasteiger partial charge in [0.25, 0.3) is 0 Å². The van der Waals surface area contributed by atoms with Crippen molar-refractivity contribution in [1.29, 1.82) is 0 Å². The van der Waals surface area contributed by atoms with Gasteiger partial charge in [0.15, 0.2) is 11.6 Å². The predicted molar refractivity (Wildman–Crippen MR) is 116 cm³/mol. The summed E-state index contributed by atoms with van der Waals surface area (Å²) in [4.78, 5) is 20.4. The van der Waals surface area contributed by atoms with Gasteiger partial charge in [-0.2, -0.15) is 0 Å². The van der Waals surface area contributed by atoms with E-state index in [0.29, 0.717) is 34.5 Å². The lowest BCUT2D eigenvalue weighted by atomic mass is 10.2. The van der Waals surface area contributed by atoms with Gasteiger partial charge >= 0.3 is 5.97 Å². The molecular weight excluding hydrogens is 390 g/mol. The third kappa shape index (κ3) is 5.58. The number of nitrogens with one attached hydrogen (secondary N) is 2. The van der Waals surface area contributed by atoms with Gasteiger partial charge < -0.3 is 21.1 Å². The van der Waals surface area contributed by atoms with E-state index in [9.17, 15) is 4.79 Å². The summed E-state index contributed by atoms with van der Waals surface area (Å²) >= 11 is 6.01. The molecule has 0 aliphatic carbocycles. The van der Waals surface area contributed by atoms with E-state index in [2.05, 4.69) is 20.6 Å². The smallest absolute Gasteiger partial charge is 0.338 e. The van der Waals surface area contributed by atoms with Crippen LogP contribution in [-0.2, 0) is 4.74 Å². The summed E-state index contributed by atoms with van der Waals surface area (Å²) in [6.45, 7) is 4.36. The SMILES string of the molecule is CC(C)COC(=O)c1ccc(Nc2ncnc(Nc3cccc(Cl)c3)c2N)cc1. The number of aromatic nitrogens is 2. The number of rotatable bonds is 7. The Kier molecular flexibility index (Phi) is 6.51. The molecule has 0 amide bonds. The molecule has 0 atom stereocenters. The van der Waals surface area contributed by atoms with Gasteiger partial charge in [0.1, 0.15) is 12.0 Å². The lowest BCUT2D eigenvalue weighted by Gasteiger charge is -2.13. The highest BCUT2D eigenvalue weighted by Gasteiger charge is 2.11. The second kappa shape index (κ2) is 9.25. The number of carbonyl (C=O) groups is 1. The van der Waals surface area contributed by atoms with Crippen LogP contribution in [-0.4, -0.2) is 22.5 Å². The second-order valence-electron chi connectivity index (χ2n) is 6.81. The van der Waals surface area contributed by atoms with Crippen molar-refractivity contribution >= 4 is 46.3 Å². The quantitative estimate of drug-likeness (QED) is 0.469. The highest BCUT2D eigenvalue weighted by Crippen LogP contribution is 2.29. The van der Waals surface area contributed by atoms with E-state index in [1.54, 1.807) is 36.4 Å². The van der Waals surface area contributed by atoms with E-state index in [4.69, 9.17) is 22.1 Å². The molecule has 29 heavy (non-hydrogen) atoms. The van der Waals surface area contributed by atoms with Crippen LogP contribution in [0.1, 0.15) is 24.2 Å². The van der Waals surface area contributed by atoms with E-state index in [0.717, 1.165) is 11.4 Å². The van der Waals surface area contributed by atoms with E-state index in [1.165, 1.54) is 6.33 Å². The average molecular weight is 412 g/mol. The summed E-state index contributed by atoms with van der Waals surface area (Å²) in [7, 11) is 0. The molecule has 0 radical (unpaired) electrons. The Morgan fingerprint density at radius 1 is 1.07 bits per heavy atom. The maximum absolute atomic E-state index is 12.0. The van der Waals surface area contributed by atoms with E-state index >= 15 is 0 Å². The molecular formula is C21H22ClN5O2. The maximum Gasteiger partial charge on any atom is 0.338 e. The van der Waals surface area contributed by atoms with Gasteiger partial charge in [-0.1, -0.05) is 31.5 Å². The average Bonchev–Trinajstić information content (AvgIpc) is 2.70. The lowest BCUT2D eigenvalue weighted by Crippen LogP contribution is -2.10. The number of halogens is 1. The number of anilines is 5. The number of esters is 1. The molecule has 8 heteroatoms. The van der Waals surface area contributed by atoms with Crippen molar-refractivity contribution in [2.75, 3.05) is 23.0 Å².